The van der Waals surface area contributed by atoms with Crippen molar-refractivity contribution in [2.75, 3.05) is 14.2 Å². The normalized spacial score (nSPS) is 24.1. The molecule has 6 heteroatoms. The van der Waals surface area contributed by atoms with Crippen LogP contribution in [0.1, 0.15) is 133 Å². The van der Waals surface area contributed by atoms with Gasteiger partial charge >= 0.3 is 11.9 Å². The summed E-state index contributed by atoms with van der Waals surface area (Å²) in [6.45, 7) is 13.2. The number of esters is 2. The molecule has 0 aliphatic heterocycles. The van der Waals surface area contributed by atoms with E-state index in [1.54, 1.807) is 22.7 Å². The van der Waals surface area contributed by atoms with E-state index < -0.39 is 0 Å². The summed E-state index contributed by atoms with van der Waals surface area (Å²) >= 11 is 3.42. The molecule has 0 bridgehead atoms. The second-order valence-corrected chi connectivity index (χ2v) is 13.8. The van der Waals surface area contributed by atoms with E-state index in [1.165, 1.54) is 87.3 Å². The van der Waals surface area contributed by atoms with E-state index in [1.807, 2.05) is 17.7 Å². The van der Waals surface area contributed by atoms with Crippen molar-refractivity contribution in [1.82, 2.24) is 0 Å². The lowest BCUT2D eigenvalue weighted by atomic mass is 9.74. The molecular formula is C34H50O4S2. The predicted molar refractivity (Wildman–Crippen MR) is 170 cm³/mol. The van der Waals surface area contributed by atoms with E-state index >= 15 is 0 Å². The third kappa shape index (κ3) is 7.67. The molecule has 2 aliphatic carbocycles. The van der Waals surface area contributed by atoms with Crippen molar-refractivity contribution in [2.24, 2.45) is 23.7 Å². The fourth-order valence-corrected chi connectivity index (χ4v) is 9.22. The van der Waals surface area contributed by atoms with E-state index in [4.69, 9.17) is 9.47 Å². The van der Waals surface area contributed by atoms with Gasteiger partial charge in [-0.05, 0) is 99.2 Å². The second-order valence-electron chi connectivity index (χ2n) is 12.0. The summed E-state index contributed by atoms with van der Waals surface area (Å²) in [5.74, 6) is 3.39. The first-order valence-electron chi connectivity index (χ1n) is 15.2. The van der Waals surface area contributed by atoms with E-state index in [2.05, 4.69) is 40.7 Å². The zero-order chi connectivity index (χ0) is 29.4. The summed E-state index contributed by atoms with van der Waals surface area (Å²) in [5, 5.41) is 3.91. The number of rotatable bonds is 7. The Hall–Kier alpha value is -1.92. The van der Waals surface area contributed by atoms with Crippen molar-refractivity contribution in [3.8, 4) is 0 Å². The Balaban J connectivity index is 0.000000220. The number of carbonyl (C=O) groups is 2. The van der Waals surface area contributed by atoms with Gasteiger partial charge in [0.2, 0.25) is 0 Å². The van der Waals surface area contributed by atoms with Gasteiger partial charge in [-0.2, -0.15) is 0 Å². The third-order valence-corrected chi connectivity index (χ3v) is 11.7. The maximum Gasteiger partial charge on any atom is 0.338 e. The Labute approximate surface area is 250 Å². The van der Waals surface area contributed by atoms with Crippen molar-refractivity contribution >= 4 is 40.2 Å². The molecule has 0 aromatic carbocycles. The zero-order valence-corrected chi connectivity index (χ0v) is 27.6. The van der Waals surface area contributed by atoms with Crippen LogP contribution < -0.4 is 0 Å². The molecular weight excluding hydrogens is 537 g/mol. The molecule has 1 unspecified atom stereocenters. The van der Waals surface area contributed by atoms with Crippen molar-refractivity contribution < 1.29 is 19.1 Å². The Kier molecular flexibility index (Phi) is 12.5. The molecule has 2 aliphatic rings. The summed E-state index contributed by atoms with van der Waals surface area (Å²) in [6.07, 6.45) is 14.0. The van der Waals surface area contributed by atoms with Crippen LogP contribution in [0.25, 0.3) is 5.57 Å². The van der Waals surface area contributed by atoms with Crippen molar-refractivity contribution in [3.05, 3.63) is 48.8 Å². The highest BCUT2D eigenvalue weighted by Gasteiger charge is 2.30. The van der Waals surface area contributed by atoms with Crippen LogP contribution in [0.2, 0.25) is 0 Å². The number of methoxy groups -OCH3 is 2. The minimum Gasteiger partial charge on any atom is -0.465 e. The third-order valence-electron chi connectivity index (χ3n) is 9.36. The molecule has 2 aromatic rings. The molecule has 0 saturated heterocycles. The molecule has 1 atom stereocenters. The molecule has 0 N–H and O–H groups in total. The molecule has 2 heterocycles. The lowest BCUT2D eigenvalue weighted by molar-refractivity contribution is 0.0591. The predicted octanol–water partition coefficient (Wildman–Crippen LogP) is 10.2. The smallest absolute Gasteiger partial charge is 0.338 e. The first-order chi connectivity index (χ1) is 19.2. The highest BCUT2D eigenvalue weighted by Crippen LogP contribution is 2.44. The van der Waals surface area contributed by atoms with Crippen LogP contribution in [0.5, 0.6) is 0 Å². The van der Waals surface area contributed by atoms with Crippen molar-refractivity contribution in [1.29, 1.82) is 0 Å². The highest BCUT2D eigenvalue weighted by molar-refractivity contribution is 7.11. The van der Waals surface area contributed by atoms with Crippen LogP contribution in [0, 0.1) is 37.5 Å². The molecule has 4 nitrogen and oxygen atoms in total. The van der Waals surface area contributed by atoms with Crippen LogP contribution in [-0.2, 0) is 9.47 Å². The minimum absolute atomic E-state index is 0.197. The van der Waals surface area contributed by atoms with Crippen molar-refractivity contribution in [3.63, 3.8) is 0 Å². The molecule has 0 spiro atoms. The van der Waals surface area contributed by atoms with Gasteiger partial charge in [-0.1, -0.05) is 52.5 Å². The molecule has 2 aromatic heterocycles. The van der Waals surface area contributed by atoms with E-state index in [9.17, 15) is 9.59 Å². The fraction of sp³-hybridized carbons (Fsp3) is 0.647. The van der Waals surface area contributed by atoms with Gasteiger partial charge in [0, 0.05) is 20.5 Å². The molecule has 0 radical (unpaired) electrons. The van der Waals surface area contributed by atoms with Crippen LogP contribution in [-0.4, -0.2) is 26.2 Å². The largest absolute Gasteiger partial charge is 0.465 e. The molecule has 4 rings (SSSR count). The van der Waals surface area contributed by atoms with Crippen molar-refractivity contribution in [2.45, 2.75) is 105 Å². The Morgan fingerprint density at radius 2 is 1.35 bits per heavy atom. The first kappa shape index (κ1) is 32.6. The lowest BCUT2D eigenvalue weighted by Gasteiger charge is -2.32. The summed E-state index contributed by atoms with van der Waals surface area (Å²) in [7, 11) is 2.90. The summed E-state index contributed by atoms with van der Waals surface area (Å²) in [4.78, 5) is 26.2. The van der Waals surface area contributed by atoms with Crippen LogP contribution >= 0.6 is 22.7 Å². The van der Waals surface area contributed by atoms with Gasteiger partial charge in [-0.15, -0.1) is 22.7 Å². The fourth-order valence-electron chi connectivity index (χ4n) is 6.67. The van der Waals surface area contributed by atoms with Gasteiger partial charge in [0.05, 0.1) is 25.3 Å². The Bertz CT molecular complexity index is 1140. The molecule has 2 saturated carbocycles. The van der Waals surface area contributed by atoms with Crippen LogP contribution in [0.15, 0.2) is 16.8 Å². The second kappa shape index (κ2) is 15.3. The van der Waals surface area contributed by atoms with Gasteiger partial charge in [0.25, 0.3) is 0 Å². The number of hydrogen-bond donors (Lipinski definition) is 0. The van der Waals surface area contributed by atoms with Gasteiger partial charge in [-0.25, -0.2) is 9.59 Å². The summed E-state index contributed by atoms with van der Waals surface area (Å²) < 4.78 is 9.72. The maximum atomic E-state index is 11.8. The molecule has 222 valence electrons. The quantitative estimate of drug-likeness (QED) is 0.303. The summed E-state index contributed by atoms with van der Waals surface area (Å²) in [6, 6.07) is 0. The average Bonchev–Trinajstić information content (AvgIpc) is 3.53. The first-order valence-corrected chi connectivity index (χ1v) is 16.9. The monoisotopic (exact) mass is 586 g/mol. The Morgan fingerprint density at radius 1 is 0.850 bits per heavy atom. The van der Waals surface area contributed by atoms with Gasteiger partial charge in [0.1, 0.15) is 0 Å². The van der Waals surface area contributed by atoms with Gasteiger partial charge in [0.15, 0.2) is 0 Å². The van der Waals surface area contributed by atoms with E-state index in [-0.39, 0.29) is 11.9 Å². The molecule has 2 fully saturated rings. The van der Waals surface area contributed by atoms with Gasteiger partial charge < -0.3 is 9.47 Å². The van der Waals surface area contributed by atoms with Crippen LogP contribution in [0.4, 0.5) is 0 Å². The lowest BCUT2D eigenvalue weighted by Crippen LogP contribution is -2.19. The highest BCUT2D eigenvalue weighted by atomic mass is 32.1. The maximum absolute atomic E-state index is 11.8. The summed E-state index contributed by atoms with van der Waals surface area (Å²) in [5.41, 5.74) is 5.13. The number of thiophene rings is 2. The van der Waals surface area contributed by atoms with Gasteiger partial charge in [-0.3, -0.25) is 0 Å². The number of allylic oxidation sites excluding steroid dienone is 2. The standard InChI is InChI=1S/C17H26O2S.C17H24O2S/c2*1-5-14(13-8-6-11(2)7-9-13)16-12(3)15(10-20-16)17(18)19-4/h10-11,13-14H,5-9H2,1-4H3;5,10-11,13H,6-9H2,1-4H3/b;14-5+. The van der Waals surface area contributed by atoms with Crippen LogP contribution in [0.3, 0.4) is 0 Å². The number of carbonyl (C=O) groups excluding carboxylic acids is 2. The molecule has 40 heavy (non-hydrogen) atoms. The minimum atomic E-state index is -0.224. The van der Waals surface area contributed by atoms with E-state index in [0.29, 0.717) is 11.8 Å². The average molecular weight is 587 g/mol. The SMILES string of the molecule is C/C=C(/c1scc(C(=O)OC)c1C)C1CCC(C)CC1.CCC(c1scc(C(=O)OC)c1C)C1CCC(C)CC1. The number of hydrogen-bond acceptors (Lipinski definition) is 6. The zero-order valence-electron chi connectivity index (χ0n) is 25.9. The van der Waals surface area contributed by atoms with E-state index in [0.717, 1.165) is 40.0 Å². The topological polar surface area (TPSA) is 52.6 Å². The molecule has 0 amide bonds. The Morgan fingerprint density at radius 3 is 1.85 bits per heavy atom. The number of ether oxygens (including phenoxy) is 2.